The van der Waals surface area contributed by atoms with Crippen molar-refractivity contribution in [1.29, 1.82) is 0 Å². The lowest BCUT2D eigenvalue weighted by Crippen LogP contribution is -2.34. The van der Waals surface area contributed by atoms with Crippen molar-refractivity contribution in [2.24, 2.45) is 5.92 Å². The summed E-state index contributed by atoms with van der Waals surface area (Å²) >= 11 is 0. The first-order valence-electron chi connectivity index (χ1n) is 8.87. The van der Waals surface area contributed by atoms with Gasteiger partial charge in [0.1, 0.15) is 0 Å². The summed E-state index contributed by atoms with van der Waals surface area (Å²) in [5.74, 6) is 1.05. The van der Waals surface area contributed by atoms with E-state index in [2.05, 4.69) is 18.7 Å². The van der Waals surface area contributed by atoms with Crippen molar-refractivity contribution in [2.75, 3.05) is 19.6 Å². The molecule has 4 nitrogen and oxygen atoms in total. The average Bonchev–Trinajstić information content (AvgIpc) is 2.49. The Morgan fingerprint density at radius 1 is 1.00 bits per heavy atom. The van der Waals surface area contributed by atoms with Crippen molar-refractivity contribution in [3.05, 3.63) is 0 Å². The standard InChI is InChI=1S/C15H31N.CHF3O3S/c1-3-5-7-8-12-16-13-10-15(11-14-16)9-6-4-2;2-1(3,4)8(5,6)7/h15H,3-14H2,1-2H3;(H,5,6,7). The van der Waals surface area contributed by atoms with E-state index in [-0.39, 0.29) is 0 Å². The fourth-order valence-electron chi connectivity index (χ4n) is 2.75. The second-order valence-corrected chi connectivity index (χ2v) is 7.82. The number of hydrogen-bond acceptors (Lipinski definition) is 3. The molecule has 1 N–H and O–H groups in total. The van der Waals surface area contributed by atoms with Gasteiger partial charge in [0.15, 0.2) is 0 Å². The Labute approximate surface area is 144 Å². The normalized spacial score (nSPS) is 17.4. The molecule has 1 heterocycles. The molecule has 0 atom stereocenters. The highest BCUT2D eigenvalue weighted by molar-refractivity contribution is 7.86. The highest BCUT2D eigenvalue weighted by Crippen LogP contribution is 2.22. The average molecular weight is 375 g/mol. The molecule has 1 rings (SSSR count). The third-order valence-electron chi connectivity index (χ3n) is 4.29. The number of likely N-dealkylation sites (tertiary alicyclic amines) is 1. The van der Waals surface area contributed by atoms with Crippen LogP contribution in [0.1, 0.15) is 71.6 Å². The Hall–Kier alpha value is -0.340. The molecule has 0 spiro atoms. The zero-order valence-electron chi connectivity index (χ0n) is 14.8. The number of halogens is 3. The summed E-state index contributed by atoms with van der Waals surface area (Å²) in [7, 11) is -5.84. The fraction of sp³-hybridized carbons (Fsp3) is 1.00. The molecule has 1 saturated heterocycles. The van der Waals surface area contributed by atoms with Crippen LogP contribution in [0.15, 0.2) is 0 Å². The van der Waals surface area contributed by atoms with E-state index in [4.69, 9.17) is 13.0 Å². The molecule has 8 heteroatoms. The minimum atomic E-state index is -5.84. The number of hydrogen-bond donors (Lipinski definition) is 1. The molecule has 146 valence electrons. The molecular weight excluding hydrogens is 343 g/mol. The van der Waals surface area contributed by atoms with Crippen molar-refractivity contribution in [1.82, 2.24) is 4.90 Å². The summed E-state index contributed by atoms with van der Waals surface area (Å²) in [5, 5.41) is 0. The van der Waals surface area contributed by atoms with Crippen molar-refractivity contribution < 1.29 is 26.1 Å². The number of alkyl halides is 3. The molecule has 1 aliphatic rings. The first-order chi connectivity index (χ1) is 11.1. The van der Waals surface area contributed by atoms with Crippen molar-refractivity contribution >= 4 is 10.1 Å². The predicted molar refractivity (Wildman–Crippen MR) is 90.4 cm³/mol. The van der Waals surface area contributed by atoms with Crippen LogP contribution in [0.4, 0.5) is 13.2 Å². The first-order valence-corrected chi connectivity index (χ1v) is 10.3. The molecule has 0 amide bonds. The van der Waals surface area contributed by atoms with Crippen LogP contribution in [-0.4, -0.2) is 43.0 Å². The van der Waals surface area contributed by atoms with E-state index in [1.54, 1.807) is 0 Å². The van der Waals surface area contributed by atoms with Crippen LogP contribution in [-0.2, 0) is 10.1 Å². The molecule has 1 fully saturated rings. The molecule has 0 unspecified atom stereocenters. The summed E-state index contributed by atoms with van der Waals surface area (Å²) in [6.45, 7) is 8.71. The lowest BCUT2D eigenvalue weighted by molar-refractivity contribution is -0.0510. The molecular formula is C16H32F3NO3S. The molecule has 0 aromatic rings. The maximum atomic E-state index is 10.7. The molecule has 0 saturated carbocycles. The first kappa shape index (κ1) is 23.7. The van der Waals surface area contributed by atoms with Gasteiger partial charge in [0.25, 0.3) is 0 Å². The van der Waals surface area contributed by atoms with E-state index in [0.29, 0.717) is 0 Å². The molecule has 0 aromatic heterocycles. The monoisotopic (exact) mass is 375 g/mol. The van der Waals surface area contributed by atoms with Crippen LogP contribution in [0.3, 0.4) is 0 Å². The largest absolute Gasteiger partial charge is 0.522 e. The Bertz CT molecular complexity index is 405. The highest BCUT2D eigenvalue weighted by Gasteiger charge is 2.44. The number of unbranched alkanes of at least 4 members (excludes halogenated alkanes) is 4. The lowest BCUT2D eigenvalue weighted by Gasteiger charge is -2.32. The van der Waals surface area contributed by atoms with Gasteiger partial charge < -0.3 is 4.90 Å². The van der Waals surface area contributed by atoms with Crippen LogP contribution < -0.4 is 0 Å². The van der Waals surface area contributed by atoms with Gasteiger partial charge in [-0.2, -0.15) is 21.6 Å². The van der Waals surface area contributed by atoms with Crippen molar-refractivity contribution in [2.45, 2.75) is 77.1 Å². The van der Waals surface area contributed by atoms with Crippen LogP contribution >= 0.6 is 0 Å². The fourth-order valence-corrected chi connectivity index (χ4v) is 2.75. The topological polar surface area (TPSA) is 57.6 Å². The second-order valence-electron chi connectivity index (χ2n) is 6.41. The van der Waals surface area contributed by atoms with Crippen LogP contribution in [0.5, 0.6) is 0 Å². The number of nitrogens with zero attached hydrogens (tertiary/aromatic N) is 1. The van der Waals surface area contributed by atoms with E-state index in [0.717, 1.165) is 5.92 Å². The Morgan fingerprint density at radius 2 is 1.50 bits per heavy atom. The number of rotatable bonds is 8. The maximum Gasteiger partial charge on any atom is 0.522 e. The van der Waals surface area contributed by atoms with Gasteiger partial charge in [-0.25, -0.2) is 0 Å². The van der Waals surface area contributed by atoms with Gasteiger partial charge in [-0.15, -0.1) is 0 Å². The summed E-state index contributed by atoms with van der Waals surface area (Å²) in [6.07, 6.45) is 12.9. The van der Waals surface area contributed by atoms with E-state index in [9.17, 15) is 13.2 Å². The van der Waals surface area contributed by atoms with Gasteiger partial charge in [0.05, 0.1) is 0 Å². The third-order valence-corrected chi connectivity index (χ3v) is 4.88. The highest BCUT2D eigenvalue weighted by atomic mass is 32.2. The van der Waals surface area contributed by atoms with Crippen molar-refractivity contribution in [3.63, 3.8) is 0 Å². The molecule has 24 heavy (non-hydrogen) atoms. The van der Waals surface area contributed by atoms with Gasteiger partial charge >= 0.3 is 15.6 Å². The van der Waals surface area contributed by atoms with E-state index >= 15 is 0 Å². The van der Waals surface area contributed by atoms with Gasteiger partial charge in [-0.3, -0.25) is 4.55 Å². The Balaban J connectivity index is 0.000000561. The Morgan fingerprint density at radius 3 is 1.92 bits per heavy atom. The molecule has 0 aromatic carbocycles. The minimum Gasteiger partial charge on any atom is -0.303 e. The van der Waals surface area contributed by atoms with Gasteiger partial charge in [-0.05, 0) is 44.8 Å². The number of piperidine rings is 1. The summed E-state index contributed by atoms with van der Waals surface area (Å²) in [6, 6.07) is 0. The van der Waals surface area contributed by atoms with Crippen LogP contribution in [0.25, 0.3) is 0 Å². The zero-order chi connectivity index (χ0) is 18.6. The van der Waals surface area contributed by atoms with Gasteiger partial charge in [0, 0.05) is 0 Å². The van der Waals surface area contributed by atoms with Crippen LogP contribution in [0, 0.1) is 5.92 Å². The SMILES string of the molecule is CCCCCCN1CCC(CCCC)CC1.O=S(=O)(O)C(F)(F)F. The molecule has 0 bridgehead atoms. The summed E-state index contributed by atoms with van der Waals surface area (Å²) < 4.78 is 57.5. The Kier molecular flexibility index (Phi) is 11.9. The van der Waals surface area contributed by atoms with E-state index < -0.39 is 15.6 Å². The lowest BCUT2D eigenvalue weighted by atomic mass is 9.91. The zero-order valence-corrected chi connectivity index (χ0v) is 15.6. The summed E-state index contributed by atoms with van der Waals surface area (Å²) in [4.78, 5) is 2.69. The third kappa shape index (κ3) is 11.3. The smallest absolute Gasteiger partial charge is 0.303 e. The van der Waals surface area contributed by atoms with Crippen molar-refractivity contribution in [3.8, 4) is 0 Å². The van der Waals surface area contributed by atoms with Gasteiger partial charge in [0.2, 0.25) is 0 Å². The molecule has 1 aliphatic heterocycles. The second kappa shape index (κ2) is 12.1. The van der Waals surface area contributed by atoms with Crippen LogP contribution in [0.2, 0.25) is 0 Å². The van der Waals surface area contributed by atoms with Gasteiger partial charge in [-0.1, -0.05) is 52.4 Å². The van der Waals surface area contributed by atoms with E-state index in [1.807, 2.05) is 0 Å². The quantitative estimate of drug-likeness (QED) is 0.374. The minimum absolute atomic E-state index is 1.05. The molecule has 0 aliphatic carbocycles. The predicted octanol–water partition coefficient (Wildman–Crippen LogP) is 4.86. The summed E-state index contributed by atoms with van der Waals surface area (Å²) in [5.41, 5.74) is -5.53. The maximum absolute atomic E-state index is 10.7. The van der Waals surface area contributed by atoms with E-state index in [1.165, 1.54) is 77.4 Å². The molecule has 0 radical (unpaired) electrons.